The average molecular weight is 285 g/mol. The molecule has 0 aromatic heterocycles. The molecule has 2 rings (SSSR count). The zero-order chi connectivity index (χ0) is 14.9. The second kappa shape index (κ2) is 8.45. The SMILES string of the molecule is CCOCCCOc1ccc(-c2ccc(CN)cc2)cc1. The highest BCUT2D eigenvalue weighted by atomic mass is 16.5. The van der Waals surface area contributed by atoms with E-state index in [9.17, 15) is 0 Å². The molecule has 2 N–H and O–H groups in total. The fourth-order valence-electron chi connectivity index (χ4n) is 2.07. The van der Waals surface area contributed by atoms with Crippen molar-refractivity contribution >= 4 is 0 Å². The van der Waals surface area contributed by atoms with Crippen LogP contribution in [0.3, 0.4) is 0 Å². The standard InChI is InChI=1S/C18H23NO2/c1-2-20-12-3-13-21-18-10-8-17(9-11-18)16-6-4-15(14-19)5-7-16/h4-11H,2-3,12-14,19H2,1H3. The Labute approximate surface area is 126 Å². The van der Waals surface area contributed by atoms with Crippen molar-refractivity contribution in [3.8, 4) is 16.9 Å². The van der Waals surface area contributed by atoms with Crippen molar-refractivity contribution < 1.29 is 9.47 Å². The molecule has 3 heteroatoms. The molecule has 2 aromatic carbocycles. The summed E-state index contributed by atoms with van der Waals surface area (Å²) in [6, 6.07) is 16.5. The summed E-state index contributed by atoms with van der Waals surface area (Å²) in [5, 5.41) is 0. The lowest BCUT2D eigenvalue weighted by Crippen LogP contribution is -2.02. The zero-order valence-electron chi connectivity index (χ0n) is 12.5. The fraction of sp³-hybridized carbons (Fsp3) is 0.333. The van der Waals surface area contributed by atoms with Crippen molar-refractivity contribution in [2.45, 2.75) is 19.9 Å². The predicted molar refractivity (Wildman–Crippen MR) is 86.4 cm³/mol. The summed E-state index contributed by atoms with van der Waals surface area (Å²) in [6.45, 7) is 4.78. The van der Waals surface area contributed by atoms with Crippen LogP contribution in [0.25, 0.3) is 11.1 Å². The lowest BCUT2D eigenvalue weighted by molar-refractivity contribution is 0.131. The van der Waals surface area contributed by atoms with Gasteiger partial charge in [-0.25, -0.2) is 0 Å². The summed E-state index contributed by atoms with van der Waals surface area (Å²) in [5.74, 6) is 0.897. The predicted octanol–water partition coefficient (Wildman–Crippen LogP) is 3.62. The second-order valence-electron chi connectivity index (χ2n) is 4.82. The molecule has 0 saturated carbocycles. The summed E-state index contributed by atoms with van der Waals surface area (Å²) in [5.41, 5.74) is 9.13. The Kier molecular flexibility index (Phi) is 6.25. The molecule has 112 valence electrons. The normalized spacial score (nSPS) is 10.6. The van der Waals surface area contributed by atoms with E-state index in [0.29, 0.717) is 13.2 Å². The molecule has 0 fully saturated rings. The molecule has 0 heterocycles. The molecule has 0 spiro atoms. The van der Waals surface area contributed by atoms with Gasteiger partial charge in [-0.15, -0.1) is 0 Å². The topological polar surface area (TPSA) is 44.5 Å². The van der Waals surface area contributed by atoms with E-state index in [1.165, 1.54) is 11.1 Å². The van der Waals surface area contributed by atoms with Gasteiger partial charge in [0, 0.05) is 26.2 Å². The minimum absolute atomic E-state index is 0.578. The molecule has 0 unspecified atom stereocenters. The van der Waals surface area contributed by atoms with Crippen molar-refractivity contribution in [3.05, 3.63) is 54.1 Å². The quantitative estimate of drug-likeness (QED) is 0.753. The van der Waals surface area contributed by atoms with Crippen LogP contribution in [0, 0.1) is 0 Å². The minimum Gasteiger partial charge on any atom is -0.494 e. The molecule has 0 aliphatic heterocycles. The van der Waals surface area contributed by atoms with E-state index >= 15 is 0 Å². The lowest BCUT2D eigenvalue weighted by Gasteiger charge is -2.08. The van der Waals surface area contributed by atoms with Crippen LogP contribution in [0.5, 0.6) is 5.75 Å². The summed E-state index contributed by atoms with van der Waals surface area (Å²) in [7, 11) is 0. The number of ether oxygens (including phenoxy) is 2. The molecule has 2 aromatic rings. The van der Waals surface area contributed by atoms with Crippen LogP contribution in [-0.2, 0) is 11.3 Å². The minimum atomic E-state index is 0.578. The van der Waals surface area contributed by atoms with E-state index < -0.39 is 0 Å². The van der Waals surface area contributed by atoms with Gasteiger partial charge in [-0.1, -0.05) is 36.4 Å². The van der Waals surface area contributed by atoms with E-state index in [0.717, 1.165) is 30.9 Å². The first-order chi connectivity index (χ1) is 10.3. The van der Waals surface area contributed by atoms with E-state index in [1.807, 2.05) is 19.1 Å². The van der Waals surface area contributed by atoms with Gasteiger partial charge in [0.15, 0.2) is 0 Å². The highest BCUT2D eigenvalue weighted by molar-refractivity contribution is 5.64. The molecule has 0 aliphatic carbocycles. The number of hydrogen-bond acceptors (Lipinski definition) is 3. The third kappa shape index (κ3) is 4.88. The van der Waals surface area contributed by atoms with Gasteiger partial charge in [-0.3, -0.25) is 0 Å². The number of hydrogen-bond donors (Lipinski definition) is 1. The Hall–Kier alpha value is -1.84. The van der Waals surface area contributed by atoms with E-state index in [-0.39, 0.29) is 0 Å². The van der Waals surface area contributed by atoms with Gasteiger partial charge in [0.05, 0.1) is 6.61 Å². The Morgan fingerprint density at radius 3 is 2.05 bits per heavy atom. The summed E-state index contributed by atoms with van der Waals surface area (Å²) in [4.78, 5) is 0. The van der Waals surface area contributed by atoms with Crippen molar-refractivity contribution in [2.75, 3.05) is 19.8 Å². The van der Waals surface area contributed by atoms with Crippen molar-refractivity contribution in [1.82, 2.24) is 0 Å². The highest BCUT2D eigenvalue weighted by Gasteiger charge is 1.99. The first-order valence-electron chi connectivity index (χ1n) is 7.43. The van der Waals surface area contributed by atoms with Crippen LogP contribution in [0.1, 0.15) is 18.9 Å². The van der Waals surface area contributed by atoms with E-state index in [2.05, 4.69) is 36.4 Å². The molecule has 0 radical (unpaired) electrons. The maximum absolute atomic E-state index is 5.68. The van der Waals surface area contributed by atoms with Crippen LogP contribution < -0.4 is 10.5 Å². The molecule has 0 amide bonds. The Bertz CT molecular complexity index is 520. The number of benzene rings is 2. The van der Waals surface area contributed by atoms with Gasteiger partial charge in [-0.05, 0) is 35.7 Å². The molecular weight excluding hydrogens is 262 g/mol. The van der Waals surface area contributed by atoms with Gasteiger partial charge in [0.25, 0.3) is 0 Å². The Balaban J connectivity index is 1.88. The monoisotopic (exact) mass is 285 g/mol. The molecule has 21 heavy (non-hydrogen) atoms. The molecule has 0 bridgehead atoms. The summed E-state index contributed by atoms with van der Waals surface area (Å²) < 4.78 is 11.0. The third-order valence-electron chi connectivity index (χ3n) is 3.28. The van der Waals surface area contributed by atoms with Gasteiger partial charge in [0.2, 0.25) is 0 Å². The van der Waals surface area contributed by atoms with Gasteiger partial charge in [-0.2, -0.15) is 0 Å². The smallest absolute Gasteiger partial charge is 0.119 e. The van der Waals surface area contributed by atoms with Crippen LogP contribution in [-0.4, -0.2) is 19.8 Å². The van der Waals surface area contributed by atoms with Crippen LogP contribution in [0.4, 0.5) is 0 Å². The van der Waals surface area contributed by atoms with Gasteiger partial charge < -0.3 is 15.2 Å². The number of rotatable bonds is 8. The fourth-order valence-corrected chi connectivity index (χ4v) is 2.07. The molecule has 0 aliphatic rings. The first kappa shape index (κ1) is 15.5. The van der Waals surface area contributed by atoms with Crippen LogP contribution in [0.2, 0.25) is 0 Å². The number of nitrogens with two attached hydrogens (primary N) is 1. The largest absolute Gasteiger partial charge is 0.494 e. The second-order valence-corrected chi connectivity index (χ2v) is 4.82. The maximum Gasteiger partial charge on any atom is 0.119 e. The van der Waals surface area contributed by atoms with E-state index in [1.54, 1.807) is 0 Å². The first-order valence-corrected chi connectivity index (χ1v) is 7.43. The van der Waals surface area contributed by atoms with Gasteiger partial charge in [0.1, 0.15) is 5.75 Å². The van der Waals surface area contributed by atoms with Crippen molar-refractivity contribution in [1.29, 1.82) is 0 Å². The molecule has 0 saturated heterocycles. The van der Waals surface area contributed by atoms with Gasteiger partial charge >= 0.3 is 0 Å². The maximum atomic E-state index is 5.68. The van der Waals surface area contributed by atoms with E-state index in [4.69, 9.17) is 15.2 Å². The zero-order valence-corrected chi connectivity index (χ0v) is 12.5. The summed E-state index contributed by atoms with van der Waals surface area (Å²) >= 11 is 0. The molecule has 3 nitrogen and oxygen atoms in total. The molecule has 0 atom stereocenters. The Morgan fingerprint density at radius 2 is 1.48 bits per heavy atom. The summed E-state index contributed by atoms with van der Waals surface area (Å²) in [6.07, 6.45) is 0.913. The van der Waals surface area contributed by atoms with Crippen molar-refractivity contribution in [3.63, 3.8) is 0 Å². The third-order valence-corrected chi connectivity index (χ3v) is 3.28. The molecular formula is C18H23NO2. The lowest BCUT2D eigenvalue weighted by atomic mass is 10.0. The Morgan fingerprint density at radius 1 is 0.857 bits per heavy atom. The van der Waals surface area contributed by atoms with Crippen LogP contribution in [0.15, 0.2) is 48.5 Å². The van der Waals surface area contributed by atoms with Crippen LogP contribution >= 0.6 is 0 Å². The van der Waals surface area contributed by atoms with Crippen molar-refractivity contribution in [2.24, 2.45) is 5.73 Å². The average Bonchev–Trinajstić information content (AvgIpc) is 2.55. The highest BCUT2D eigenvalue weighted by Crippen LogP contribution is 2.22.